The molecule has 1 heterocycles. The van der Waals surface area contributed by atoms with Crippen molar-refractivity contribution >= 4 is 0 Å². The quantitative estimate of drug-likeness (QED) is 0.866. The number of hydrogen-bond acceptors (Lipinski definition) is 3. The van der Waals surface area contributed by atoms with Crippen LogP contribution in [-0.4, -0.2) is 35.2 Å². The first-order valence-corrected chi connectivity index (χ1v) is 8.01. The molecule has 1 saturated heterocycles. The lowest BCUT2D eigenvalue weighted by Gasteiger charge is -2.41. The van der Waals surface area contributed by atoms with Gasteiger partial charge in [-0.05, 0) is 42.9 Å². The van der Waals surface area contributed by atoms with E-state index in [1.54, 1.807) is 6.07 Å². The van der Waals surface area contributed by atoms with E-state index in [9.17, 15) is 5.11 Å². The molecule has 20 heavy (non-hydrogen) atoms. The van der Waals surface area contributed by atoms with Crippen molar-refractivity contribution < 1.29 is 5.11 Å². The number of hydrogen-bond donors (Lipinski definition) is 2. The average molecular weight is 274 g/mol. The van der Waals surface area contributed by atoms with E-state index in [1.807, 2.05) is 12.1 Å². The number of phenols is 1. The van der Waals surface area contributed by atoms with E-state index in [4.69, 9.17) is 0 Å². The molecule has 0 amide bonds. The number of phenolic OH excluding ortho intramolecular Hbond substituents is 1. The van der Waals surface area contributed by atoms with Crippen LogP contribution in [0.5, 0.6) is 5.75 Å². The van der Waals surface area contributed by atoms with Crippen LogP contribution in [0.1, 0.15) is 38.2 Å². The minimum absolute atomic E-state index is 0.380. The standard InChI is InChI=1S/C17H26N2O/c1-2-4-15-12-19(17(10-18-15)14-7-8-14)11-13-5-3-6-16(20)9-13/h3,5-6,9,14-15,17-18,20H,2,4,7-8,10-12H2,1H3. The fourth-order valence-corrected chi connectivity index (χ4v) is 3.46. The van der Waals surface area contributed by atoms with E-state index in [-0.39, 0.29) is 0 Å². The van der Waals surface area contributed by atoms with Crippen molar-refractivity contribution in [1.29, 1.82) is 0 Å². The fraction of sp³-hybridized carbons (Fsp3) is 0.647. The minimum Gasteiger partial charge on any atom is -0.508 e. The predicted molar refractivity (Wildman–Crippen MR) is 81.7 cm³/mol. The summed E-state index contributed by atoms with van der Waals surface area (Å²) in [6, 6.07) is 9.04. The molecule has 1 aliphatic heterocycles. The summed E-state index contributed by atoms with van der Waals surface area (Å²) in [5, 5.41) is 13.4. The summed E-state index contributed by atoms with van der Waals surface area (Å²) in [6.07, 6.45) is 5.28. The molecule has 0 spiro atoms. The fourth-order valence-electron chi connectivity index (χ4n) is 3.46. The number of nitrogens with zero attached hydrogens (tertiary/aromatic N) is 1. The zero-order valence-corrected chi connectivity index (χ0v) is 12.4. The van der Waals surface area contributed by atoms with Gasteiger partial charge < -0.3 is 10.4 Å². The summed E-state index contributed by atoms with van der Waals surface area (Å²) in [6.45, 7) is 5.50. The van der Waals surface area contributed by atoms with E-state index in [0.717, 1.165) is 25.6 Å². The average Bonchev–Trinajstić information content (AvgIpc) is 3.24. The number of benzene rings is 1. The monoisotopic (exact) mass is 274 g/mol. The molecule has 2 N–H and O–H groups in total. The summed E-state index contributed by atoms with van der Waals surface area (Å²) in [5.74, 6) is 1.27. The Morgan fingerprint density at radius 3 is 2.90 bits per heavy atom. The van der Waals surface area contributed by atoms with Crippen LogP contribution in [0, 0.1) is 5.92 Å². The summed E-state index contributed by atoms with van der Waals surface area (Å²) in [5.41, 5.74) is 1.23. The smallest absolute Gasteiger partial charge is 0.115 e. The van der Waals surface area contributed by atoms with Crippen LogP contribution in [0.4, 0.5) is 0 Å². The molecule has 2 aliphatic rings. The van der Waals surface area contributed by atoms with Crippen molar-refractivity contribution in [3.63, 3.8) is 0 Å². The van der Waals surface area contributed by atoms with Crippen LogP contribution in [0.25, 0.3) is 0 Å². The lowest BCUT2D eigenvalue weighted by molar-refractivity contribution is 0.104. The Bertz CT molecular complexity index is 444. The first-order chi connectivity index (χ1) is 9.76. The molecule has 1 aliphatic carbocycles. The SMILES string of the molecule is CCCC1CN(Cc2cccc(O)c2)C(C2CC2)CN1. The molecular formula is C17H26N2O. The second-order valence-corrected chi connectivity index (χ2v) is 6.40. The molecule has 2 fully saturated rings. The second kappa shape index (κ2) is 6.15. The van der Waals surface area contributed by atoms with Gasteiger partial charge in [0.25, 0.3) is 0 Å². The van der Waals surface area contributed by atoms with Crippen molar-refractivity contribution in [3.8, 4) is 5.75 Å². The molecule has 2 atom stereocenters. The van der Waals surface area contributed by atoms with E-state index in [2.05, 4.69) is 23.2 Å². The molecule has 3 heteroatoms. The largest absolute Gasteiger partial charge is 0.508 e. The normalized spacial score (nSPS) is 27.6. The Balaban J connectivity index is 1.68. The van der Waals surface area contributed by atoms with Crippen molar-refractivity contribution in [2.24, 2.45) is 5.92 Å². The lowest BCUT2D eigenvalue weighted by Crippen LogP contribution is -2.56. The van der Waals surface area contributed by atoms with E-state index in [1.165, 1.54) is 31.2 Å². The van der Waals surface area contributed by atoms with Gasteiger partial charge in [0.05, 0.1) is 0 Å². The number of aromatic hydroxyl groups is 1. The Kier molecular flexibility index (Phi) is 4.27. The van der Waals surface area contributed by atoms with Crippen molar-refractivity contribution in [2.45, 2.75) is 51.2 Å². The van der Waals surface area contributed by atoms with Crippen LogP contribution in [-0.2, 0) is 6.54 Å². The zero-order valence-electron chi connectivity index (χ0n) is 12.4. The van der Waals surface area contributed by atoms with Gasteiger partial charge in [-0.2, -0.15) is 0 Å². The van der Waals surface area contributed by atoms with Gasteiger partial charge in [-0.1, -0.05) is 25.5 Å². The molecule has 1 aromatic rings. The minimum atomic E-state index is 0.380. The predicted octanol–water partition coefficient (Wildman–Crippen LogP) is 2.74. The van der Waals surface area contributed by atoms with E-state index >= 15 is 0 Å². The molecule has 0 radical (unpaired) electrons. The number of rotatable bonds is 5. The molecule has 3 nitrogen and oxygen atoms in total. The first-order valence-electron chi connectivity index (χ1n) is 8.01. The Hall–Kier alpha value is -1.06. The van der Waals surface area contributed by atoms with Crippen LogP contribution in [0.3, 0.4) is 0 Å². The van der Waals surface area contributed by atoms with Gasteiger partial charge in [-0.25, -0.2) is 0 Å². The summed E-state index contributed by atoms with van der Waals surface area (Å²) < 4.78 is 0. The summed E-state index contributed by atoms with van der Waals surface area (Å²) >= 11 is 0. The van der Waals surface area contributed by atoms with Crippen molar-refractivity contribution in [1.82, 2.24) is 10.2 Å². The maximum Gasteiger partial charge on any atom is 0.115 e. The van der Waals surface area contributed by atoms with E-state index < -0.39 is 0 Å². The van der Waals surface area contributed by atoms with Crippen molar-refractivity contribution in [3.05, 3.63) is 29.8 Å². The first kappa shape index (κ1) is 13.9. The lowest BCUT2D eigenvalue weighted by atomic mass is 10.0. The van der Waals surface area contributed by atoms with Crippen LogP contribution < -0.4 is 5.32 Å². The Morgan fingerprint density at radius 1 is 1.35 bits per heavy atom. The summed E-state index contributed by atoms with van der Waals surface area (Å²) in [4.78, 5) is 2.64. The molecular weight excluding hydrogens is 248 g/mol. The highest BCUT2D eigenvalue weighted by atomic mass is 16.3. The van der Waals surface area contributed by atoms with Gasteiger partial charge >= 0.3 is 0 Å². The third kappa shape index (κ3) is 3.33. The third-order valence-corrected chi connectivity index (χ3v) is 4.64. The van der Waals surface area contributed by atoms with Gasteiger partial charge in [0.15, 0.2) is 0 Å². The Morgan fingerprint density at radius 2 is 2.20 bits per heavy atom. The third-order valence-electron chi connectivity index (χ3n) is 4.64. The molecule has 0 bridgehead atoms. The van der Waals surface area contributed by atoms with Gasteiger partial charge in [0, 0.05) is 31.7 Å². The van der Waals surface area contributed by atoms with Crippen LogP contribution in [0.15, 0.2) is 24.3 Å². The zero-order chi connectivity index (χ0) is 13.9. The highest BCUT2D eigenvalue weighted by Crippen LogP contribution is 2.37. The number of piperazine rings is 1. The van der Waals surface area contributed by atoms with Gasteiger partial charge in [0.1, 0.15) is 5.75 Å². The molecule has 1 aromatic carbocycles. The van der Waals surface area contributed by atoms with Gasteiger partial charge in [-0.15, -0.1) is 0 Å². The molecule has 3 rings (SSSR count). The number of nitrogens with one attached hydrogen (secondary N) is 1. The van der Waals surface area contributed by atoms with Crippen molar-refractivity contribution in [2.75, 3.05) is 13.1 Å². The molecule has 2 unspecified atom stereocenters. The maximum absolute atomic E-state index is 9.64. The summed E-state index contributed by atoms with van der Waals surface area (Å²) in [7, 11) is 0. The Labute approximate surface area is 122 Å². The van der Waals surface area contributed by atoms with Gasteiger partial charge in [0.2, 0.25) is 0 Å². The molecule has 110 valence electrons. The van der Waals surface area contributed by atoms with Gasteiger partial charge in [-0.3, -0.25) is 4.90 Å². The maximum atomic E-state index is 9.64. The van der Waals surface area contributed by atoms with Crippen LogP contribution in [0.2, 0.25) is 0 Å². The highest BCUT2D eigenvalue weighted by molar-refractivity contribution is 5.27. The highest BCUT2D eigenvalue weighted by Gasteiger charge is 2.38. The second-order valence-electron chi connectivity index (χ2n) is 6.40. The molecule has 1 saturated carbocycles. The van der Waals surface area contributed by atoms with Crippen LogP contribution >= 0.6 is 0 Å². The topological polar surface area (TPSA) is 35.5 Å². The molecule has 0 aromatic heterocycles. The van der Waals surface area contributed by atoms with E-state index in [0.29, 0.717) is 17.8 Å².